The van der Waals surface area contributed by atoms with Crippen molar-refractivity contribution in [3.05, 3.63) is 131 Å². The predicted molar refractivity (Wildman–Crippen MR) is 148 cm³/mol. The van der Waals surface area contributed by atoms with Crippen LogP contribution < -0.4 is 4.18 Å². The molecule has 0 heterocycles. The Kier molecular flexibility index (Phi) is 6.87. The molecule has 0 saturated carbocycles. The van der Waals surface area contributed by atoms with Crippen molar-refractivity contribution in [2.45, 2.75) is 28.5 Å². The maximum atomic E-state index is 13.5. The molecule has 4 aromatic rings. The Labute approximate surface area is 224 Å². The van der Waals surface area contributed by atoms with Crippen molar-refractivity contribution in [3.8, 4) is 5.75 Å². The fourth-order valence-corrected chi connectivity index (χ4v) is 7.96. The molecule has 38 heavy (non-hydrogen) atoms. The van der Waals surface area contributed by atoms with Gasteiger partial charge in [-0.1, -0.05) is 60.7 Å². The average Bonchev–Trinajstić information content (AvgIpc) is 2.92. The zero-order valence-electron chi connectivity index (χ0n) is 20.7. The molecule has 0 N–H and O–H groups in total. The van der Waals surface area contributed by atoms with E-state index >= 15 is 0 Å². The molecule has 0 unspecified atom stereocenters. The lowest BCUT2D eigenvalue weighted by atomic mass is 9.95. The van der Waals surface area contributed by atoms with E-state index < -0.39 is 26.8 Å². The van der Waals surface area contributed by atoms with Crippen LogP contribution in [0.15, 0.2) is 118 Å². The van der Waals surface area contributed by atoms with Crippen molar-refractivity contribution < 1.29 is 22.2 Å². The van der Waals surface area contributed by atoms with Crippen LogP contribution in [0.25, 0.3) is 10.4 Å². The summed E-state index contributed by atoms with van der Waals surface area (Å²) in [7, 11) is -4.79. The molecule has 0 spiro atoms. The van der Waals surface area contributed by atoms with Crippen molar-refractivity contribution in [1.82, 2.24) is 0 Å². The highest BCUT2D eigenvalue weighted by molar-refractivity contribution is 7.97. The van der Waals surface area contributed by atoms with Gasteiger partial charge in [0.15, 0.2) is 14.7 Å². The van der Waals surface area contributed by atoms with E-state index in [0.29, 0.717) is 11.1 Å². The molecule has 4 aromatic carbocycles. The first-order chi connectivity index (χ1) is 18.3. The summed E-state index contributed by atoms with van der Waals surface area (Å²) >= 11 is 0. The molecule has 0 aromatic heterocycles. The largest absolute Gasteiger partial charge is 0.378 e. The Morgan fingerprint density at radius 1 is 0.737 bits per heavy atom. The van der Waals surface area contributed by atoms with Crippen molar-refractivity contribution >= 4 is 37.4 Å². The van der Waals surface area contributed by atoms with Crippen molar-refractivity contribution in [1.29, 1.82) is 0 Å². The smallest absolute Gasteiger partial charge is 0.364 e. The second-order valence-electron chi connectivity index (χ2n) is 8.72. The summed E-state index contributed by atoms with van der Waals surface area (Å²) in [6.07, 6.45) is 1.04. The second kappa shape index (κ2) is 10.3. The number of fused-ring (bicyclic) bond motifs is 1. The number of carbonyl (C=O) groups excluding carboxylic acids is 1. The van der Waals surface area contributed by atoms with E-state index in [9.17, 15) is 18.7 Å². The Balaban J connectivity index is 1.57. The van der Waals surface area contributed by atoms with Gasteiger partial charge in [-0.2, -0.15) is 13.2 Å². The summed E-state index contributed by atoms with van der Waals surface area (Å²) in [6.45, 7) is 3.62. The number of carbonyl (C=O) groups is 1. The lowest BCUT2D eigenvalue weighted by molar-refractivity contribution is -0.00437. The summed E-state index contributed by atoms with van der Waals surface area (Å²) in [5.74, 6) is -0.344. The molecule has 8 heteroatoms. The van der Waals surface area contributed by atoms with Gasteiger partial charge in [0.25, 0.3) is 5.78 Å². The zero-order valence-corrected chi connectivity index (χ0v) is 22.3. The molecule has 6 nitrogen and oxygen atoms in total. The highest BCUT2D eigenvalue weighted by Crippen LogP contribution is 2.38. The number of Topliss-reactive ketones (excluding diaryl/α,β-unsaturated/α-hetero) is 1. The molecule has 5 rings (SSSR count). The number of rotatable bonds is 6. The van der Waals surface area contributed by atoms with E-state index in [2.05, 4.69) is 29.1 Å². The van der Waals surface area contributed by atoms with Gasteiger partial charge < -0.3 is 9.71 Å². The van der Waals surface area contributed by atoms with Gasteiger partial charge in [0, 0.05) is 23.3 Å². The number of aryl methyl sites for hydroxylation is 2. The summed E-state index contributed by atoms with van der Waals surface area (Å²) in [6, 6.07) is 30.5. The minimum absolute atomic E-state index is 0.128. The van der Waals surface area contributed by atoms with Crippen LogP contribution in [0, 0.1) is 13.8 Å². The number of ketones is 1. The fraction of sp³-hybridized carbons (Fsp3) is 0.0667. The second-order valence-corrected chi connectivity index (χ2v) is 12.3. The van der Waals surface area contributed by atoms with E-state index in [0.717, 1.165) is 20.8 Å². The Hall–Kier alpha value is -4.23. The van der Waals surface area contributed by atoms with Gasteiger partial charge in [0.05, 0.1) is 17.0 Å². The van der Waals surface area contributed by atoms with Crippen LogP contribution in [0.1, 0.15) is 27.0 Å². The highest BCUT2D eigenvalue weighted by Gasteiger charge is 2.37. The molecule has 0 bridgehead atoms. The average molecular weight is 540 g/mol. The Bertz CT molecular complexity index is 1680. The summed E-state index contributed by atoms with van der Waals surface area (Å²) in [4.78, 5) is 18.6. The van der Waals surface area contributed by atoms with Gasteiger partial charge in [-0.25, -0.2) is 0 Å². The first kappa shape index (κ1) is 25.4. The van der Waals surface area contributed by atoms with Crippen molar-refractivity contribution in [2.75, 3.05) is 0 Å². The standard InChI is InChI=1S/C30H23N2O4S2/c1-20-17-24(37(22-11-5-3-6-12-22)23-13-7-4-8-14-23)18-21(2)30(20)36-38(34,35)28-19-27(32-31)29(33)26-16-10-9-15-25(26)28/h3-19H,1-2H3/q+1. The lowest BCUT2D eigenvalue weighted by Gasteiger charge is -2.18. The minimum Gasteiger partial charge on any atom is -0.378 e. The van der Waals surface area contributed by atoms with Gasteiger partial charge >= 0.3 is 15.8 Å². The van der Waals surface area contributed by atoms with E-state index in [-0.39, 0.29) is 27.5 Å². The number of hydrogen-bond donors (Lipinski definition) is 0. The third-order valence-corrected chi connectivity index (χ3v) is 9.59. The topological polar surface area (TPSA) is 96.8 Å². The molecule has 1 aliphatic carbocycles. The first-order valence-electron chi connectivity index (χ1n) is 11.8. The van der Waals surface area contributed by atoms with E-state index in [1.54, 1.807) is 12.1 Å². The third-order valence-electron chi connectivity index (χ3n) is 6.14. The first-order valence-corrected chi connectivity index (χ1v) is 14.4. The van der Waals surface area contributed by atoms with Crippen molar-refractivity contribution in [3.63, 3.8) is 0 Å². The quantitative estimate of drug-likeness (QED) is 0.130. The van der Waals surface area contributed by atoms with Gasteiger partial charge in [-0.15, -0.1) is 0 Å². The molecule has 0 saturated heterocycles. The van der Waals surface area contributed by atoms with Crippen LogP contribution in [0.3, 0.4) is 0 Å². The van der Waals surface area contributed by atoms with E-state index in [1.807, 2.05) is 62.4 Å². The number of benzene rings is 4. The van der Waals surface area contributed by atoms with Gasteiger partial charge in [0.2, 0.25) is 0 Å². The molecule has 1 aliphatic rings. The fourth-order valence-electron chi connectivity index (χ4n) is 4.42. The maximum Gasteiger partial charge on any atom is 0.364 e. The van der Waals surface area contributed by atoms with Crippen LogP contribution in [-0.4, -0.2) is 24.7 Å². The number of nitrogens with zero attached hydrogens (tertiary/aromatic N) is 2. The SMILES string of the molecule is Cc1cc([S+](c2ccccc2)c2ccccc2)cc(C)c1OS(=O)(=O)C1=CC(=[N+]=[N-])C(=O)c2ccccc21. The monoisotopic (exact) mass is 539 g/mol. The van der Waals surface area contributed by atoms with Crippen LogP contribution in [0.2, 0.25) is 0 Å². The van der Waals surface area contributed by atoms with Gasteiger partial charge in [0.1, 0.15) is 10.7 Å². The molecule has 0 aliphatic heterocycles. The normalized spacial score (nSPS) is 13.1. The van der Waals surface area contributed by atoms with Crippen molar-refractivity contribution in [2.24, 2.45) is 0 Å². The van der Waals surface area contributed by atoms with E-state index in [4.69, 9.17) is 4.18 Å². The Morgan fingerprint density at radius 3 is 1.76 bits per heavy atom. The van der Waals surface area contributed by atoms with Crippen LogP contribution in [-0.2, 0) is 21.0 Å². The van der Waals surface area contributed by atoms with Gasteiger partial charge in [-0.05, 0) is 49.2 Å². The summed E-state index contributed by atoms with van der Waals surface area (Å²) in [5, 5.41) is 0. The third kappa shape index (κ3) is 4.73. The molecular weight excluding hydrogens is 516 g/mol. The van der Waals surface area contributed by atoms with Gasteiger partial charge in [-0.3, -0.25) is 4.79 Å². The minimum atomic E-state index is -4.38. The lowest BCUT2D eigenvalue weighted by Crippen LogP contribution is -2.24. The van der Waals surface area contributed by atoms with Crippen LogP contribution >= 0.6 is 0 Å². The molecule has 0 atom stereocenters. The zero-order chi connectivity index (χ0) is 26.9. The molecule has 0 fully saturated rings. The summed E-state index contributed by atoms with van der Waals surface area (Å²) < 4.78 is 32.7. The number of hydrogen-bond acceptors (Lipinski definition) is 4. The molecule has 188 valence electrons. The highest BCUT2D eigenvalue weighted by atomic mass is 32.2. The molecule has 0 amide bonds. The van der Waals surface area contributed by atoms with Crippen LogP contribution in [0.5, 0.6) is 5.75 Å². The molecular formula is C30H23N2O4S2+. The van der Waals surface area contributed by atoms with Crippen LogP contribution in [0.4, 0.5) is 0 Å². The number of allylic oxidation sites excluding steroid dienone is 1. The Morgan fingerprint density at radius 2 is 1.24 bits per heavy atom. The summed E-state index contributed by atoms with van der Waals surface area (Å²) in [5.41, 5.74) is 10.6. The predicted octanol–water partition coefficient (Wildman–Crippen LogP) is 6.02. The van der Waals surface area contributed by atoms with E-state index in [1.165, 1.54) is 12.1 Å². The molecule has 0 radical (unpaired) electrons. The maximum absolute atomic E-state index is 13.5.